The topological polar surface area (TPSA) is 104 Å². The Morgan fingerprint density at radius 2 is 1.88 bits per heavy atom. The van der Waals surface area contributed by atoms with Crippen LogP contribution in [0.4, 0.5) is 5.69 Å². The number of nitro groups is 1. The summed E-state index contributed by atoms with van der Waals surface area (Å²) >= 11 is 6.53. The highest BCUT2D eigenvalue weighted by Crippen LogP contribution is 2.61. The van der Waals surface area contributed by atoms with Crippen molar-refractivity contribution < 1.29 is 23.5 Å². The minimum atomic E-state index is -1.41. The number of nitrogens with zero attached hydrogens (tertiary/aromatic N) is 1. The number of Topliss-reactive ketones (excluding diaryl/α,β-unsaturated/α-hetero) is 1. The Kier molecular flexibility index (Phi) is 4.90. The SMILES string of the molecule is CC1(C)[C@H](C(=O)OCc2ccc([N+](=O)[O-])cc2)C2C(=O)C(Br)(Br)[C@H]2S1=O. The monoisotopic (exact) mass is 507 g/mol. The predicted molar refractivity (Wildman–Crippen MR) is 101 cm³/mol. The summed E-state index contributed by atoms with van der Waals surface area (Å²) in [7, 11) is -1.41. The van der Waals surface area contributed by atoms with Gasteiger partial charge < -0.3 is 4.74 Å². The molecule has 140 valence electrons. The first kappa shape index (κ1) is 19.6. The van der Waals surface area contributed by atoms with Gasteiger partial charge in [-0.3, -0.25) is 23.9 Å². The zero-order chi connectivity index (χ0) is 19.4. The van der Waals surface area contributed by atoms with Crippen molar-refractivity contribution in [2.75, 3.05) is 0 Å². The van der Waals surface area contributed by atoms with Crippen LogP contribution < -0.4 is 0 Å². The molecule has 7 nitrogen and oxygen atoms in total. The second kappa shape index (κ2) is 6.49. The molecule has 2 fully saturated rings. The van der Waals surface area contributed by atoms with Crippen LogP contribution in [0, 0.1) is 22.0 Å². The predicted octanol–water partition coefficient (Wildman–Crippen LogP) is 2.85. The van der Waals surface area contributed by atoms with E-state index in [1.54, 1.807) is 13.8 Å². The van der Waals surface area contributed by atoms with E-state index in [9.17, 15) is 23.9 Å². The van der Waals surface area contributed by atoms with E-state index in [0.717, 1.165) is 0 Å². The third kappa shape index (κ3) is 2.86. The minimum Gasteiger partial charge on any atom is -0.461 e. The molecule has 0 spiro atoms. The summed E-state index contributed by atoms with van der Waals surface area (Å²) in [6.07, 6.45) is 0. The number of non-ortho nitro benzene ring substituents is 1. The van der Waals surface area contributed by atoms with Gasteiger partial charge in [-0.15, -0.1) is 0 Å². The Bertz CT molecular complexity index is 823. The highest BCUT2D eigenvalue weighted by Gasteiger charge is 2.75. The van der Waals surface area contributed by atoms with E-state index in [1.165, 1.54) is 24.3 Å². The zero-order valence-corrected chi connectivity index (χ0v) is 17.8. The standard InChI is InChI=1S/C16H15Br2NO6S/c1-15(2)11(10-12(20)16(17,18)13(10)26(15)24)14(21)25-7-8-3-5-9(6-4-8)19(22)23/h3-6,10-11,13H,7H2,1-2H3/t10?,11-,13-,26?/m0/s1. The van der Waals surface area contributed by atoms with Crippen LogP contribution in [-0.2, 0) is 31.7 Å². The fraction of sp³-hybridized carbons (Fsp3) is 0.500. The van der Waals surface area contributed by atoms with Crippen molar-refractivity contribution in [2.45, 2.75) is 33.7 Å². The van der Waals surface area contributed by atoms with Crippen molar-refractivity contribution >= 4 is 60.1 Å². The van der Waals surface area contributed by atoms with Crippen molar-refractivity contribution in [1.82, 2.24) is 0 Å². The Balaban J connectivity index is 1.74. The van der Waals surface area contributed by atoms with E-state index in [4.69, 9.17) is 4.74 Å². The van der Waals surface area contributed by atoms with Crippen LogP contribution >= 0.6 is 31.9 Å². The molecule has 0 aromatic heterocycles. The van der Waals surface area contributed by atoms with Crippen molar-refractivity contribution in [3.63, 3.8) is 0 Å². The maximum Gasteiger partial charge on any atom is 0.311 e. The Hall–Kier alpha value is -1.13. The lowest BCUT2D eigenvalue weighted by atomic mass is 9.70. The number of halogens is 2. The fourth-order valence-electron chi connectivity index (χ4n) is 3.50. The number of ether oxygens (including phenoxy) is 1. The molecule has 1 heterocycles. The number of benzene rings is 1. The van der Waals surface area contributed by atoms with Crippen LogP contribution in [0.5, 0.6) is 0 Å². The number of carbonyl (C=O) groups is 2. The summed E-state index contributed by atoms with van der Waals surface area (Å²) in [4.78, 5) is 35.2. The Morgan fingerprint density at radius 1 is 1.31 bits per heavy atom. The lowest BCUT2D eigenvalue weighted by Crippen LogP contribution is -2.60. The first-order valence-electron chi connectivity index (χ1n) is 7.72. The first-order chi connectivity index (χ1) is 12.0. The number of fused-ring (bicyclic) bond motifs is 1. The molecule has 26 heavy (non-hydrogen) atoms. The molecule has 1 aromatic carbocycles. The molecule has 2 aliphatic rings. The third-order valence-corrected chi connectivity index (χ3v) is 9.73. The third-order valence-electron chi connectivity index (χ3n) is 4.95. The highest BCUT2D eigenvalue weighted by atomic mass is 79.9. The molecule has 0 N–H and O–H groups in total. The summed E-state index contributed by atoms with van der Waals surface area (Å²) in [5, 5.41) is 10.2. The van der Waals surface area contributed by atoms with E-state index < -0.39 is 46.8 Å². The van der Waals surface area contributed by atoms with Gasteiger partial charge in [-0.25, -0.2) is 0 Å². The maximum absolute atomic E-state index is 12.8. The summed E-state index contributed by atoms with van der Waals surface area (Å²) in [5.74, 6) is -2.26. The number of alkyl halides is 2. The molecule has 1 aliphatic carbocycles. The lowest BCUT2D eigenvalue weighted by Gasteiger charge is -2.42. The van der Waals surface area contributed by atoms with Gasteiger partial charge in [-0.05, 0) is 31.5 Å². The van der Waals surface area contributed by atoms with Crippen LogP contribution in [0.2, 0.25) is 0 Å². The molecular weight excluding hydrogens is 494 g/mol. The second-order valence-corrected chi connectivity index (χ2v) is 12.6. The first-order valence-corrected chi connectivity index (χ1v) is 10.5. The average Bonchev–Trinajstić information content (AvgIpc) is 2.78. The van der Waals surface area contributed by atoms with E-state index >= 15 is 0 Å². The van der Waals surface area contributed by atoms with Crippen LogP contribution in [0.1, 0.15) is 19.4 Å². The van der Waals surface area contributed by atoms with E-state index in [0.29, 0.717) is 5.56 Å². The van der Waals surface area contributed by atoms with Crippen LogP contribution in [0.3, 0.4) is 0 Å². The molecule has 10 heteroatoms. The number of esters is 1. The molecule has 1 aliphatic heterocycles. The van der Waals surface area contributed by atoms with Gasteiger partial charge in [0.1, 0.15) is 6.61 Å². The van der Waals surface area contributed by atoms with Gasteiger partial charge in [-0.1, -0.05) is 31.9 Å². The smallest absolute Gasteiger partial charge is 0.311 e. The second-order valence-electron chi connectivity index (χ2n) is 6.84. The number of hydrogen-bond acceptors (Lipinski definition) is 6. The van der Waals surface area contributed by atoms with Crippen molar-refractivity contribution in [3.05, 3.63) is 39.9 Å². The number of rotatable bonds is 4. The zero-order valence-electron chi connectivity index (χ0n) is 13.8. The quantitative estimate of drug-likeness (QED) is 0.268. The van der Waals surface area contributed by atoms with Gasteiger partial charge in [-0.2, -0.15) is 0 Å². The molecule has 0 bridgehead atoms. The normalized spacial score (nSPS) is 31.0. The van der Waals surface area contributed by atoms with E-state index in [2.05, 4.69) is 31.9 Å². The molecule has 4 atom stereocenters. The Labute approximate surface area is 168 Å². The van der Waals surface area contributed by atoms with Crippen LogP contribution in [0.15, 0.2) is 24.3 Å². The minimum absolute atomic E-state index is 0.0544. The lowest BCUT2D eigenvalue weighted by molar-refractivity contribution is -0.384. The number of hydrogen-bond donors (Lipinski definition) is 0. The molecule has 1 aromatic rings. The summed E-state index contributed by atoms with van der Waals surface area (Å²) in [6, 6.07) is 5.66. The van der Waals surface area contributed by atoms with Gasteiger partial charge in [0.2, 0.25) is 0 Å². The summed E-state index contributed by atoms with van der Waals surface area (Å²) in [6.45, 7) is 3.32. The molecule has 2 unspecified atom stereocenters. The largest absolute Gasteiger partial charge is 0.461 e. The average molecular weight is 509 g/mol. The number of carbonyl (C=O) groups excluding carboxylic acids is 2. The summed E-state index contributed by atoms with van der Waals surface area (Å²) < 4.78 is 16.1. The maximum atomic E-state index is 12.8. The van der Waals surface area contributed by atoms with Gasteiger partial charge >= 0.3 is 5.97 Å². The summed E-state index contributed by atoms with van der Waals surface area (Å²) in [5.41, 5.74) is 0.536. The van der Waals surface area contributed by atoms with Crippen LogP contribution in [-0.4, -0.2) is 34.1 Å². The molecule has 0 amide bonds. The fourth-order valence-corrected chi connectivity index (χ4v) is 7.69. The van der Waals surface area contributed by atoms with Gasteiger partial charge in [0, 0.05) is 22.9 Å². The molecule has 1 saturated heterocycles. The van der Waals surface area contributed by atoms with Gasteiger partial charge in [0.05, 0.1) is 26.8 Å². The molecule has 3 rings (SSSR count). The van der Waals surface area contributed by atoms with Gasteiger partial charge in [0.15, 0.2) is 9.02 Å². The molecule has 1 saturated carbocycles. The molecule has 0 radical (unpaired) electrons. The van der Waals surface area contributed by atoms with E-state index in [-0.39, 0.29) is 18.1 Å². The van der Waals surface area contributed by atoms with Crippen molar-refractivity contribution in [2.24, 2.45) is 11.8 Å². The van der Waals surface area contributed by atoms with Crippen molar-refractivity contribution in [3.8, 4) is 0 Å². The van der Waals surface area contributed by atoms with Crippen LogP contribution in [0.25, 0.3) is 0 Å². The number of ketones is 1. The Morgan fingerprint density at radius 3 is 2.42 bits per heavy atom. The highest BCUT2D eigenvalue weighted by molar-refractivity contribution is 9.26. The molecular formula is C16H15Br2NO6S. The van der Waals surface area contributed by atoms with E-state index in [1.807, 2.05) is 0 Å². The van der Waals surface area contributed by atoms with Gasteiger partial charge in [0.25, 0.3) is 5.69 Å². The van der Waals surface area contributed by atoms with Crippen molar-refractivity contribution in [1.29, 1.82) is 0 Å². The number of nitro benzene ring substituents is 1.